The van der Waals surface area contributed by atoms with Gasteiger partial charge in [0.05, 0.1) is 31.7 Å². The van der Waals surface area contributed by atoms with Gasteiger partial charge in [-0.15, -0.1) is 0 Å². The van der Waals surface area contributed by atoms with E-state index >= 15 is 0 Å². The second-order valence-corrected chi connectivity index (χ2v) is 10.9. The van der Waals surface area contributed by atoms with Gasteiger partial charge in [0.15, 0.2) is 0 Å². The monoisotopic (exact) mass is 570 g/mol. The zero-order valence-corrected chi connectivity index (χ0v) is 24.3. The summed E-state index contributed by atoms with van der Waals surface area (Å²) in [7, 11) is 3.29. The Morgan fingerprint density at radius 2 is 1.48 bits per heavy atom. The highest BCUT2D eigenvalue weighted by molar-refractivity contribution is 7.98. The molecular weight excluding hydrogens is 540 g/mol. The number of hydrogen-bond donors (Lipinski definition) is 0. The lowest BCUT2D eigenvalue weighted by atomic mass is 9.94. The number of carbonyl (C=O) groups excluding carboxylic acids is 1. The minimum absolute atomic E-state index is 0.0554. The number of hydrogen-bond acceptors (Lipinski definition) is 5. The molecule has 0 spiro atoms. The van der Waals surface area contributed by atoms with Gasteiger partial charge in [0.25, 0.3) is 5.91 Å². The molecule has 0 unspecified atom stereocenters. The van der Waals surface area contributed by atoms with E-state index in [4.69, 9.17) is 26.1 Å². The molecule has 0 N–H and O–H groups in total. The first-order valence-electron chi connectivity index (χ1n) is 13.1. The zero-order valence-electron chi connectivity index (χ0n) is 22.7. The second kappa shape index (κ2) is 12.6. The van der Waals surface area contributed by atoms with Crippen LogP contribution in [0.2, 0.25) is 5.02 Å². The van der Waals surface area contributed by atoms with Gasteiger partial charge in [-0.3, -0.25) is 14.7 Å². The highest BCUT2D eigenvalue weighted by Gasteiger charge is 2.37. The molecule has 0 fully saturated rings. The number of carbonyl (C=O) groups is 1. The molecule has 7 heteroatoms. The Bertz CT molecular complexity index is 1440. The highest BCUT2D eigenvalue weighted by Crippen LogP contribution is 2.40. The number of rotatable bonds is 9. The first-order chi connectivity index (χ1) is 19.5. The molecular formula is C33H31ClN2O3S. The molecule has 0 radical (unpaired) electrons. The summed E-state index contributed by atoms with van der Waals surface area (Å²) in [4.78, 5) is 21.7. The van der Waals surface area contributed by atoms with Crippen molar-refractivity contribution in [2.24, 2.45) is 4.99 Å². The number of benzodiazepines with no additional fused rings is 1. The summed E-state index contributed by atoms with van der Waals surface area (Å²) >= 11 is 8.29. The van der Waals surface area contributed by atoms with Gasteiger partial charge >= 0.3 is 0 Å². The van der Waals surface area contributed by atoms with Crippen molar-refractivity contribution in [3.8, 4) is 11.5 Å². The van der Waals surface area contributed by atoms with E-state index < -0.39 is 12.1 Å². The summed E-state index contributed by atoms with van der Waals surface area (Å²) in [5.41, 5.74) is 5.20. The second-order valence-electron chi connectivity index (χ2n) is 9.46. The highest BCUT2D eigenvalue weighted by atomic mass is 35.5. The summed E-state index contributed by atoms with van der Waals surface area (Å²) in [5.74, 6) is 2.25. The van der Waals surface area contributed by atoms with E-state index in [0.29, 0.717) is 11.4 Å². The Kier molecular flexibility index (Phi) is 8.78. The number of ether oxygens (including phenoxy) is 2. The molecule has 1 amide bonds. The SMILES string of the molecule is COc1ccc(C(c2ccc(OC)cc2)N2C(=O)[C@H](CCSC)N=C(c3ccccc3)c3cc(Cl)ccc32)cc1. The van der Waals surface area contributed by atoms with Crippen molar-refractivity contribution in [1.29, 1.82) is 0 Å². The van der Waals surface area contributed by atoms with Crippen LogP contribution >= 0.6 is 23.4 Å². The third-order valence-corrected chi connectivity index (χ3v) is 7.92. The van der Waals surface area contributed by atoms with E-state index in [1.807, 2.05) is 108 Å². The zero-order chi connectivity index (χ0) is 28.1. The fourth-order valence-corrected chi connectivity index (χ4v) is 5.67. The minimum atomic E-state index is -0.562. The smallest absolute Gasteiger partial charge is 0.252 e. The normalized spacial score (nSPS) is 14.9. The van der Waals surface area contributed by atoms with Gasteiger partial charge in [0.2, 0.25) is 0 Å². The Hall–Kier alpha value is -3.74. The number of nitrogens with zero attached hydrogens (tertiary/aromatic N) is 2. The molecule has 0 saturated heterocycles. The van der Waals surface area contributed by atoms with E-state index in [1.165, 1.54) is 0 Å². The van der Waals surface area contributed by atoms with Gasteiger partial charge in [-0.1, -0.05) is 66.2 Å². The maximum Gasteiger partial charge on any atom is 0.252 e. The largest absolute Gasteiger partial charge is 0.497 e. The molecule has 0 bridgehead atoms. The van der Waals surface area contributed by atoms with Crippen LogP contribution in [0.15, 0.2) is 102 Å². The number of fused-ring (bicyclic) bond motifs is 1. The van der Waals surface area contributed by atoms with Crippen molar-refractivity contribution in [2.75, 3.05) is 31.1 Å². The Balaban J connectivity index is 1.76. The maximum absolute atomic E-state index is 14.6. The molecule has 1 aliphatic rings. The molecule has 4 aromatic carbocycles. The third kappa shape index (κ3) is 5.74. The van der Waals surface area contributed by atoms with E-state index in [0.717, 1.165) is 50.9 Å². The van der Waals surface area contributed by atoms with Gasteiger partial charge < -0.3 is 9.47 Å². The molecule has 0 saturated carbocycles. The number of thioether (sulfide) groups is 1. The Morgan fingerprint density at radius 1 is 0.875 bits per heavy atom. The molecule has 0 aliphatic carbocycles. The van der Waals surface area contributed by atoms with E-state index in [1.54, 1.807) is 26.0 Å². The van der Waals surface area contributed by atoms with Crippen LogP contribution in [-0.4, -0.2) is 43.9 Å². The number of anilines is 1. The predicted octanol–water partition coefficient (Wildman–Crippen LogP) is 7.45. The van der Waals surface area contributed by atoms with Crippen molar-refractivity contribution in [3.05, 3.63) is 124 Å². The van der Waals surface area contributed by atoms with Crippen LogP contribution in [0.5, 0.6) is 11.5 Å². The molecule has 40 heavy (non-hydrogen) atoms. The standard InChI is InChI=1S/C33H31ClN2O3S/c1-38-26-14-9-23(10-15-26)32(24-11-16-27(39-2)17-12-24)36-30-18-13-25(34)21-28(30)31(22-7-5-4-6-8-22)35-29(33(36)37)19-20-40-3/h4-18,21,29,32H,19-20H2,1-3H3/t29-/m0/s1. The van der Waals surface area contributed by atoms with Crippen molar-refractivity contribution in [2.45, 2.75) is 18.5 Å². The Labute approximate surface area is 244 Å². The van der Waals surface area contributed by atoms with E-state index in [9.17, 15) is 4.79 Å². The van der Waals surface area contributed by atoms with Gasteiger partial charge in [0, 0.05) is 16.1 Å². The molecule has 5 rings (SSSR count). The van der Waals surface area contributed by atoms with E-state index in [-0.39, 0.29) is 5.91 Å². The molecule has 1 aliphatic heterocycles. The van der Waals surface area contributed by atoms with Crippen LogP contribution in [0.3, 0.4) is 0 Å². The van der Waals surface area contributed by atoms with Crippen LogP contribution in [0.4, 0.5) is 5.69 Å². The summed E-state index contributed by atoms with van der Waals surface area (Å²) in [6.45, 7) is 0. The summed E-state index contributed by atoms with van der Waals surface area (Å²) in [5, 5.41) is 0.586. The average molecular weight is 571 g/mol. The summed E-state index contributed by atoms with van der Waals surface area (Å²) in [6, 6.07) is 30.5. The summed E-state index contributed by atoms with van der Waals surface area (Å²) < 4.78 is 10.9. The van der Waals surface area contributed by atoms with Crippen LogP contribution < -0.4 is 14.4 Å². The van der Waals surface area contributed by atoms with Gasteiger partial charge in [-0.05, 0) is 72.0 Å². The third-order valence-electron chi connectivity index (χ3n) is 7.04. The fourth-order valence-electron chi connectivity index (χ4n) is 5.04. The first kappa shape index (κ1) is 27.8. The Morgan fingerprint density at radius 3 is 2.02 bits per heavy atom. The van der Waals surface area contributed by atoms with Gasteiger partial charge in [-0.2, -0.15) is 11.8 Å². The van der Waals surface area contributed by atoms with Crippen molar-refractivity contribution < 1.29 is 14.3 Å². The van der Waals surface area contributed by atoms with Crippen LogP contribution in [0, 0.1) is 0 Å². The van der Waals surface area contributed by atoms with E-state index in [2.05, 4.69) is 0 Å². The first-order valence-corrected chi connectivity index (χ1v) is 14.8. The van der Waals surface area contributed by atoms with Gasteiger partial charge in [-0.25, -0.2) is 0 Å². The average Bonchev–Trinajstić information content (AvgIpc) is 3.11. The minimum Gasteiger partial charge on any atom is -0.497 e. The van der Waals surface area contributed by atoms with Crippen LogP contribution in [0.25, 0.3) is 0 Å². The lowest BCUT2D eigenvalue weighted by Gasteiger charge is -2.34. The molecule has 0 aromatic heterocycles. The lowest BCUT2D eigenvalue weighted by molar-refractivity contribution is -0.120. The molecule has 204 valence electrons. The molecule has 1 heterocycles. The molecule has 5 nitrogen and oxygen atoms in total. The molecule has 4 aromatic rings. The number of amides is 1. The summed E-state index contributed by atoms with van der Waals surface area (Å²) in [6.07, 6.45) is 2.67. The van der Waals surface area contributed by atoms with Crippen LogP contribution in [0.1, 0.15) is 34.7 Å². The van der Waals surface area contributed by atoms with Crippen molar-refractivity contribution in [1.82, 2.24) is 0 Å². The number of aliphatic imine (C=N–C) groups is 1. The lowest BCUT2D eigenvalue weighted by Crippen LogP contribution is -2.41. The number of benzene rings is 4. The quantitative estimate of drug-likeness (QED) is 0.210. The van der Waals surface area contributed by atoms with Crippen molar-refractivity contribution in [3.63, 3.8) is 0 Å². The maximum atomic E-state index is 14.6. The van der Waals surface area contributed by atoms with Crippen LogP contribution in [-0.2, 0) is 4.79 Å². The van der Waals surface area contributed by atoms with Gasteiger partial charge in [0.1, 0.15) is 17.5 Å². The molecule has 1 atom stereocenters. The number of halogens is 1. The fraction of sp³-hybridized carbons (Fsp3) is 0.212. The topological polar surface area (TPSA) is 51.1 Å². The van der Waals surface area contributed by atoms with Crippen molar-refractivity contribution >= 4 is 40.7 Å². The predicted molar refractivity (Wildman–Crippen MR) is 166 cm³/mol. The number of methoxy groups -OCH3 is 2.